The Bertz CT molecular complexity index is 863. The molecule has 0 fully saturated rings. The normalized spacial score (nSPS) is 11.5. The minimum atomic E-state index is -3.54. The van der Waals surface area contributed by atoms with Crippen LogP contribution in [0.4, 0.5) is 5.69 Å². The van der Waals surface area contributed by atoms with Crippen molar-refractivity contribution in [3.8, 4) is 5.75 Å². The van der Waals surface area contributed by atoms with E-state index in [1.54, 1.807) is 25.1 Å². The molecule has 0 aliphatic heterocycles. The molecule has 0 unspecified atom stereocenters. The molecule has 0 N–H and O–H groups in total. The van der Waals surface area contributed by atoms with E-state index in [1.165, 1.54) is 38.4 Å². The molecule has 0 aliphatic carbocycles. The van der Waals surface area contributed by atoms with Crippen LogP contribution in [0.25, 0.3) is 0 Å². The van der Waals surface area contributed by atoms with Crippen molar-refractivity contribution in [3.05, 3.63) is 63.7 Å². The van der Waals surface area contributed by atoms with Crippen LogP contribution in [0.3, 0.4) is 0 Å². The number of nitro benzene ring substituents is 1. The summed E-state index contributed by atoms with van der Waals surface area (Å²) in [6, 6.07) is 11.0. The fraction of sp³-hybridized carbons (Fsp3) is 0.250. The number of aryl methyl sites for hydroxylation is 1. The number of hydrogen-bond acceptors (Lipinski definition) is 5. The van der Waals surface area contributed by atoms with Gasteiger partial charge in [0.25, 0.3) is 0 Å². The highest BCUT2D eigenvalue weighted by Crippen LogP contribution is 2.28. The summed E-state index contributed by atoms with van der Waals surface area (Å²) in [6.07, 6.45) is 0. The third-order valence-electron chi connectivity index (χ3n) is 3.38. The highest BCUT2D eigenvalue weighted by molar-refractivity contribution is 7.89. The maximum atomic E-state index is 12.1. The molecular weight excluding hydrogens is 332 g/mol. The van der Waals surface area contributed by atoms with Crippen LogP contribution < -0.4 is 4.74 Å². The van der Waals surface area contributed by atoms with Gasteiger partial charge in [-0.05, 0) is 36.2 Å². The van der Waals surface area contributed by atoms with E-state index in [1.807, 2.05) is 0 Å². The molecule has 0 heterocycles. The van der Waals surface area contributed by atoms with E-state index in [0.717, 1.165) is 9.87 Å². The van der Waals surface area contributed by atoms with Crippen molar-refractivity contribution in [3.63, 3.8) is 0 Å². The zero-order chi connectivity index (χ0) is 17.9. The van der Waals surface area contributed by atoms with Crippen molar-refractivity contribution >= 4 is 15.7 Å². The average Bonchev–Trinajstić information content (AvgIpc) is 2.53. The average molecular weight is 350 g/mol. The first-order valence-corrected chi connectivity index (χ1v) is 8.55. The number of sulfonamides is 1. The lowest BCUT2D eigenvalue weighted by Crippen LogP contribution is -2.22. The number of hydrogen-bond donors (Lipinski definition) is 0. The molecule has 128 valence electrons. The fourth-order valence-corrected chi connectivity index (χ4v) is 3.03. The van der Waals surface area contributed by atoms with Gasteiger partial charge in [-0.2, -0.15) is 0 Å². The predicted octanol–water partition coefficient (Wildman–Crippen LogP) is 2.73. The highest BCUT2D eigenvalue weighted by atomic mass is 32.2. The van der Waals surface area contributed by atoms with Crippen LogP contribution in [0.15, 0.2) is 47.4 Å². The van der Waals surface area contributed by atoms with Crippen molar-refractivity contribution < 1.29 is 18.1 Å². The molecule has 8 heteroatoms. The second-order valence-corrected chi connectivity index (χ2v) is 7.60. The van der Waals surface area contributed by atoms with Crippen molar-refractivity contribution in [2.24, 2.45) is 0 Å². The Morgan fingerprint density at radius 3 is 2.50 bits per heavy atom. The second-order valence-electron chi connectivity index (χ2n) is 5.45. The maximum absolute atomic E-state index is 12.1. The maximum Gasteiger partial charge on any atom is 0.311 e. The number of rotatable bonds is 6. The number of nitrogens with zero attached hydrogens (tertiary/aromatic N) is 2. The van der Waals surface area contributed by atoms with E-state index >= 15 is 0 Å². The van der Waals surface area contributed by atoms with E-state index in [4.69, 9.17) is 4.74 Å². The van der Waals surface area contributed by atoms with Crippen LogP contribution >= 0.6 is 0 Å². The monoisotopic (exact) mass is 350 g/mol. The highest BCUT2D eigenvalue weighted by Gasteiger charge is 2.18. The fourth-order valence-electron chi connectivity index (χ4n) is 2.06. The standard InChI is InChI=1S/C16H18N2O5S/c1-12-7-8-16(15(9-12)18(19)20)23-11-13-5-4-6-14(10-13)24(21,22)17(2)3/h4-10H,11H2,1-3H3. The summed E-state index contributed by atoms with van der Waals surface area (Å²) in [4.78, 5) is 10.7. The van der Waals surface area contributed by atoms with E-state index in [2.05, 4.69) is 0 Å². The van der Waals surface area contributed by atoms with Gasteiger partial charge in [-0.15, -0.1) is 0 Å². The molecule has 0 saturated heterocycles. The molecule has 24 heavy (non-hydrogen) atoms. The Morgan fingerprint density at radius 1 is 1.17 bits per heavy atom. The Morgan fingerprint density at radius 2 is 1.88 bits per heavy atom. The quantitative estimate of drug-likeness (QED) is 0.590. The number of nitro groups is 1. The number of benzene rings is 2. The van der Waals surface area contributed by atoms with Crippen LogP contribution in [0.2, 0.25) is 0 Å². The number of ether oxygens (including phenoxy) is 1. The summed E-state index contributed by atoms with van der Waals surface area (Å²) < 4.78 is 30.9. The van der Waals surface area contributed by atoms with Crippen LogP contribution in [-0.2, 0) is 16.6 Å². The van der Waals surface area contributed by atoms with E-state index in [-0.39, 0.29) is 22.9 Å². The van der Waals surface area contributed by atoms with Crippen molar-refractivity contribution in [1.82, 2.24) is 4.31 Å². The smallest absolute Gasteiger partial charge is 0.311 e. The third-order valence-corrected chi connectivity index (χ3v) is 5.19. The first-order valence-electron chi connectivity index (χ1n) is 7.11. The molecule has 2 rings (SSSR count). The van der Waals surface area contributed by atoms with Gasteiger partial charge in [-0.25, -0.2) is 12.7 Å². The minimum absolute atomic E-state index is 0.0285. The molecule has 2 aromatic rings. The summed E-state index contributed by atoms with van der Waals surface area (Å²) in [5.74, 6) is 0.145. The van der Waals surface area contributed by atoms with Gasteiger partial charge < -0.3 is 4.74 Å². The third kappa shape index (κ3) is 3.90. The Balaban J connectivity index is 2.24. The molecule has 7 nitrogen and oxygen atoms in total. The molecule has 0 amide bonds. The lowest BCUT2D eigenvalue weighted by Gasteiger charge is -2.13. The molecule has 2 aromatic carbocycles. The molecule has 0 bridgehead atoms. The predicted molar refractivity (Wildman–Crippen MR) is 89.5 cm³/mol. The summed E-state index contributed by atoms with van der Waals surface area (Å²) in [5.41, 5.74) is 1.24. The van der Waals surface area contributed by atoms with Gasteiger partial charge in [0.15, 0.2) is 5.75 Å². The summed E-state index contributed by atoms with van der Waals surface area (Å²) >= 11 is 0. The van der Waals surface area contributed by atoms with Gasteiger partial charge >= 0.3 is 5.69 Å². The molecule has 0 spiro atoms. The topological polar surface area (TPSA) is 89.8 Å². The summed E-state index contributed by atoms with van der Waals surface area (Å²) in [6.45, 7) is 1.78. The minimum Gasteiger partial charge on any atom is -0.482 e. The summed E-state index contributed by atoms with van der Waals surface area (Å²) in [5, 5.41) is 11.1. The zero-order valence-electron chi connectivity index (χ0n) is 13.6. The van der Waals surface area contributed by atoms with Gasteiger partial charge in [0.05, 0.1) is 9.82 Å². The Kier molecular flexibility index (Phi) is 5.20. The van der Waals surface area contributed by atoms with Gasteiger partial charge in [-0.3, -0.25) is 10.1 Å². The van der Waals surface area contributed by atoms with Crippen molar-refractivity contribution in [2.75, 3.05) is 14.1 Å². The lowest BCUT2D eigenvalue weighted by atomic mass is 10.2. The van der Waals surface area contributed by atoms with Crippen LogP contribution in [-0.4, -0.2) is 31.7 Å². The van der Waals surface area contributed by atoms with Gasteiger partial charge in [0, 0.05) is 20.2 Å². The molecular formula is C16H18N2O5S. The van der Waals surface area contributed by atoms with Gasteiger partial charge in [0.1, 0.15) is 6.61 Å². The van der Waals surface area contributed by atoms with Gasteiger partial charge in [-0.1, -0.05) is 18.2 Å². The Hall–Kier alpha value is -2.45. The zero-order valence-corrected chi connectivity index (χ0v) is 14.4. The Labute approximate surface area is 140 Å². The van der Waals surface area contributed by atoms with E-state index in [9.17, 15) is 18.5 Å². The lowest BCUT2D eigenvalue weighted by molar-refractivity contribution is -0.386. The molecule has 0 aromatic heterocycles. The van der Waals surface area contributed by atoms with Crippen molar-refractivity contribution in [2.45, 2.75) is 18.4 Å². The van der Waals surface area contributed by atoms with Crippen LogP contribution in [0.5, 0.6) is 5.75 Å². The molecule has 0 radical (unpaired) electrons. The van der Waals surface area contributed by atoms with E-state index in [0.29, 0.717) is 5.56 Å². The SMILES string of the molecule is Cc1ccc(OCc2cccc(S(=O)(=O)N(C)C)c2)c([N+](=O)[O-])c1. The van der Waals surface area contributed by atoms with Gasteiger partial charge in [0.2, 0.25) is 10.0 Å². The summed E-state index contributed by atoms with van der Waals surface area (Å²) in [7, 11) is -0.635. The molecule has 0 aliphatic rings. The van der Waals surface area contributed by atoms with Crippen LogP contribution in [0.1, 0.15) is 11.1 Å². The second kappa shape index (κ2) is 6.98. The van der Waals surface area contributed by atoms with E-state index < -0.39 is 14.9 Å². The van der Waals surface area contributed by atoms with Crippen molar-refractivity contribution in [1.29, 1.82) is 0 Å². The molecule has 0 saturated carbocycles. The first kappa shape index (κ1) is 17.9. The van der Waals surface area contributed by atoms with Crippen LogP contribution in [0, 0.1) is 17.0 Å². The largest absolute Gasteiger partial charge is 0.482 e. The first-order chi connectivity index (χ1) is 11.2. The molecule has 0 atom stereocenters.